The van der Waals surface area contributed by atoms with E-state index in [0.717, 1.165) is 61.2 Å². The van der Waals surface area contributed by atoms with Gasteiger partial charge in [-0.25, -0.2) is 4.98 Å². The lowest BCUT2D eigenvalue weighted by Gasteiger charge is -2.50. The molecule has 3 heterocycles. The van der Waals surface area contributed by atoms with Crippen LogP contribution in [0.15, 0.2) is 48.5 Å². The van der Waals surface area contributed by atoms with Gasteiger partial charge >= 0.3 is 0 Å². The molecule has 1 unspecified atom stereocenters. The van der Waals surface area contributed by atoms with Gasteiger partial charge in [0.05, 0.1) is 7.11 Å². The van der Waals surface area contributed by atoms with Gasteiger partial charge in [0.1, 0.15) is 11.6 Å². The number of hydrogen-bond donors (Lipinski definition) is 1. The molecule has 1 spiro atoms. The predicted octanol–water partition coefficient (Wildman–Crippen LogP) is 3.17. The molecule has 2 aliphatic heterocycles. The number of likely N-dealkylation sites (tertiary alicyclic amines) is 2. The third kappa shape index (κ3) is 3.66. The smallest absolute Gasteiger partial charge is 0.254 e. The maximum atomic E-state index is 13.2. The normalized spacial score (nSPS) is 19.8. The Balaban J connectivity index is 1.35. The Hall–Kier alpha value is -3.19. The zero-order valence-corrected chi connectivity index (χ0v) is 18.8. The molecule has 0 bridgehead atoms. The largest absolute Gasteiger partial charge is 0.497 e. The highest BCUT2D eigenvalue weighted by molar-refractivity contribution is 5.96. The summed E-state index contributed by atoms with van der Waals surface area (Å²) in [6.07, 6.45) is 0. The van der Waals surface area contributed by atoms with Crippen LogP contribution < -0.4 is 4.74 Å². The minimum absolute atomic E-state index is 0.0144. The average Bonchev–Trinajstić information content (AvgIpc) is 3.36. The van der Waals surface area contributed by atoms with Crippen LogP contribution in [-0.4, -0.2) is 64.2 Å². The molecule has 5 rings (SSSR count). The molecule has 2 aliphatic rings. The summed E-state index contributed by atoms with van der Waals surface area (Å²) in [7, 11) is 1.64. The zero-order chi connectivity index (χ0) is 22.3. The van der Waals surface area contributed by atoms with E-state index < -0.39 is 0 Å². The Morgan fingerprint density at radius 1 is 1.16 bits per heavy atom. The molecule has 0 aliphatic carbocycles. The predicted molar refractivity (Wildman–Crippen MR) is 122 cm³/mol. The topological polar surface area (TPSA) is 74.3 Å². The first-order valence-electron chi connectivity index (χ1n) is 11.1. The molecule has 7 heteroatoms. The van der Waals surface area contributed by atoms with Crippen molar-refractivity contribution in [2.45, 2.75) is 26.3 Å². The number of H-pyrrole nitrogens is 1. The lowest BCUT2D eigenvalue weighted by Crippen LogP contribution is -2.61. The lowest BCUT2D eigenvalue weighted by atomic mass is 9.71. The number of hydrogen-bond acceptors (Lipinski definition) is 5. The summed E-state index contributed by atoms with van der Waals surface area (Å²) in [5.41, 5.74) is 2.97. The van der Waals surface area contributed by atoms with Crippen molar-refractivity contribution >= 4 is 5.91 Å². The second kappa shape index (κ2) is 8.06. The van der Waals surface area contributed by atoms with Gasteiger partial charge < -0.3 is 9.64 Å². The number of carbonyl (C=O) groups excluding carboxylic acids is 1. The summed E-state index contributed by atoms with van der Waals surface area (Å²) in [5.74, 6) is 2.76. The van der Waals surface area contributed by atoms with Crippen molar-refractivity contribution in [1.29, 1.82) is 0 Å². The van der Waals surface area contributed by atoms with Gasteiger partial charge in [-0.1, -0.05) is 30.3 Å². The third-order valence-electron chi connectivity index (χ3n) is 6.86. The average molecular weight is 432 g/mol. The van der Waals surface area contributed by atoms with E-state index in [-0.39, 0.29) is 17.2 Å². The summed E-state index contributed by atoms with van der Waals surface area (Å²) < 4.78 is 5.29. The fourth-order valence-electron chi connectivity index (χ4n) is 5.26. The van der Waals surface area contributed by atoms with Crippen LogP contribution in [0.25, 0.3) is 0 Å². The van der Waals surface area contributed by atoms with Crippen LogP contribution in [-0.2, 0) is 6.54 Å². The van der Waals surface area contributed by atoms with Crippen molar-refractivity contribution < 1.29 is 9.53 Å². The highest BCUT2D eigenvalue weighted by Gasteiger charge is 2.57. The number of nitrogens with zero attached hydrogens (tertiary/aromatic N) is 4. The fraction of sp³-hybridized carbons (Fsp3) is 0.400. The molecule has 1 amide bonds. The van der Waals surface area contributed by atoms with Crippen molar-refractivity contribution in [1.82, 2.24) is 25.0 Å². The maximum absolute atomic E-state index is 13.2. The van der Waals surface area contributed by atoms with Gasteiger partial charge in [0.15, 0.2) is 5.82 Å². The number of carbonyl (C=O) groups is 1. The van der Waals surface area contributed by atoms with E-state index in [2.05, 4.69) is 44.3 Å². The number of nitrogens with one attached hydrogen (secondary N) is 1. The molecule has 3 aromatic rings. The number of aromatic amines is 1. The Bertz CT molecular complexity index is 1120. The Morgan fingerprint density at radius 2 is 1.94 bits per heavy atom. The number of benzene rings is 2. The van der Waals surface area contributed by atoms with E-state index in [4.69, 9.17) is 4.74 Å². The van der Waals surface area contributed by atoms with Crippen LogP contribution in [0.2, 0.25) is 0 Å². The first-order chi connectivity index (χ1) is 15.5. The van der Waals surface area contributed by atoms with Gasteiger partial charge in [0.25, 0.3) is 5.91 Å². The molecule has 1 aromatic heterocycles. The Kier molecular flexibility index (Phi) is 5.21. The Morgan fingerprint density at radius 3 is 2.59 bits per heavy atom. The van der Waals surface area contributed by atoms with E-state index in [9.17, 15) is 4.79 Å². The molecular weight excluding hydrogens is 402 g/mol. The summed E-state index contributed by atoms with van der Waals surface area (Å²) in [5, 5.41) is 7.50. The maximum Gasteiger partial charge on any atom is 0.254 e. The number of ether oxygens (including phenoxy) is 1. The number of aromatic nitrogens is 3. The molecule has 1 atom stereocenters. The Labute approximate surface area is 188 Å². The number of amides is 1. The summed E-state index contributed by atoms with van der Waals surface area (Å²) in [4.78, 5) is 22.3. The van der Waals surface area contributed by atoms with Gasteiger partial charge in [-0.2, -0.15) is 5.10 Å². The minimum atomic E-state index is -0.0144. The molecular formula is C25H29N5O2. The molecule has 7 nitrogen and oxygen atoms in total. The SMILES string of the molecule is COc1ccc(C(=O)N2CC3(CN(Cc4ccccc4)CC3c3n[nH]c(C)n3)C2)c(C)c1. The van der Waals surface area contributed by atoms with Crippen LogP contribution in [0.5, 0.6) is 5.75 Å². The molecule has 1 N–H and O–H groups in total. The van der Waals surface area contributed by atoms with E-state index in [1.807, 2.05) is 43.0 Å². The van der Waals surface area contributed by atoms with Crippen molar-refractivity contribution in [3.05, 3.63) is 76.9 Å². The van der Waals surface area contributed by atoms with Gasteiger partial charge in [-0.05, 0) is 43.2 Å². The zero-order valence-electron chi connectivity index (χ0n) is 18.8. The van der Waals surface area contributed by atoms with Gasteiger partial charge in [0, 0.05) is 49.6 Å². The van der Waals surface area contributed by atoms with Crippen LogP contribution in [0, 0.1) is 19.3 Å². The fourth-order valence-corrected chi connectivity index (χ4v) is 5.26. The van der Waals surface area contributed by atoms with Crippen LogP contribution in [0.1, 0.15) is 39.1 Å². The van der Waals surface area contributed by atoms with E-state index in [1.165, 1.54) is 5.56 Å². The quantitative estimate of drug-likeness (QED) is 0.672. The van der Waals surface area contributed by atoms with E-state index in [1.54, 1.807) is 7.11 Å². The number of methoxy groups -OCH3 is 1. The summed E-state index contributed by atoms with van der Waals surface area (Å²) in [6, 6.07) is 16.2. The van der Waals surface area contributed by atoms with Gasteiger partial charge in [-0.3, -0.25) is 14.8 Å². The second-order valence-corrected chi connectivity index (χ2v) is 9.19. The second-order valence-electron chi connectivity index (χ2n) is 9.19. The number of aryl methyl sites for hydroxylation is 2. The minimum Gasteiger partial charge on any atom is -0.497 e. The van der Waals surface area contributed by atoms with Crippen molar-refractivity contribution in [3.8, 4) is 5.75 Å². The molecule has 0 saturated carbocycles. The van der Waals surface area contributed by atoms with Crippen LogP contribution >= 0.6 is 0 Å². The third-order valence-corrected chi connectivity index (χ3v) is 6.86. The molecule has 2 saturated heterocycles. The molecule has 2 aromatic carbocycles. The van der Waals surface area contributed by atoms with Crippen LogP contribution in [0.3, 0.4) is 0 Å². The monoisotopic (exact) mass is 431 g/mol. The van der Waals surface area contributed by atoms with Gasteiger partial charge in [-0.15, -0.1) is 0 Å². The van der Waals surface area contributed by atoms with Crippen molar-refractivity contribution in [3.63, 3.8) is 0 Å². The van der Waals surface area contributed by atoms with Crippen molar-refractivity contribution in [2.75, 3.05) is 33.3 Å². The number of rotatable bonds is 5. The van der Waals surface area contributed by atoms with Crippen LogP contribution in [0.4, 0.5) is 0 Å². The molecule has 32 heavy (non-hydrogen) atoms. The van der Waals surface area contributed by atoms with Gasteiger partial charge in [0.2, 0.25) is 0 Å². The first kappa shape index (κ1) is 20.7. The molecule has 0 radical (unpaired) electrons. The summed E-state index contributed by atoms with van der Waals surface area (Å²) >= 11 is 0. The van der Waals surface area contributed by atoms with E-state index in [0.29, 0.717) is 0 Å². The highest BCUT2D eigenvalue weighted by Crippen LogP contribution is 2.49. The standard InChI is InChI=1S/C25H29N5O2/c1-17-11-20(32-3)9-10-21(17)24(31)30-15-25(16-30)14-29(12-19-7-5-4-6-8-19)13-22(25)23-26-18(2)27-28-23/h4-11,22H,12-16H2,1-3H3,(H,26,27,28). The van der Waals surface area contributed by atoms with Crippen molar-refractivity contribution in [2.24, 2.45) is 5.41 Å². The summed E-state index contributed by atoms with van der Waals surface area (Å²) in [6.45, 7) is 8.07. The van der Waals surface area contributed by atoms with E-state index >= 15 is 0 Å². The lowest BCUT2D eigenvalue weighted by molar-refractivity contribution is 0.00174. The molecule has 2 fully saturated rings. The molecule has 166 valence electrons. The first-order valence-corrected chi connectivity index (χ1v) is 11.1. The highest BCUT2D eigenvalue weighted by atomic mass is 16.5.